The zero-order valence-corrected chi connectivity index (χ0v) is 35.7. The van der Waals surface area contributed by atoms with E-state index in [4.69, 9.17) is 26.5 Å². The van der Waals surface area contributed by atoms with E-state index < -0.39 is 0 Å². The third kappa shape index (κ3) is 12.2. The van der Waals surface area contributed by atoms with Gasteiger partial charge in [0.2, 0.25) is 5.90 Å². The summed E-state index contributed by atoms with van der Waals surface area (Å²) in [6, 6.07) is 22.9. The van der Waals surface area contributed by atoms with Gasteiger partial charge in [0.1, 0.15) is 12.1 Å². The molecule has 0 saturated heterocycles. The molecule has 3 aromatic rings. The van der Waals surface area contributed by atoms with Gasteiger partial charge >= 0.3 is 5.97 Å². The Morgan fingerprint density at radius 1 is 0.828 bits per heavy atom. The largest absolute Gasteiger partial charge is 0.568 e. The fourth-order valence-electron chi connectivity index (χ4n) is 5.84. The Kier molecular flexibility index (Phi) is 17.3. The van der Waals surface area contributed by atoms with Crippen LogP contribution in [0.25, 0.3) is 17.6 Å². The van der Waals surface area contributed by atoms with E-state index in [1.807, 2.05) is 81.7 Å². The highest BCUT2D eigenvalue weighted by molar-refractivity contribution is 6.33. The molecular formula is C44H56ClN8O5-. The van der Waals surface area contributed by atoms with Crippen LogP contribution in [-0.2, 0) is 23.9 Å². The number of hydrogen-bond donors (Lipinski definition) is 0. The summed E-state index contributed by atoms with van der Waals surface area (Å²) in [6.45, 7) is 10.7. The summed E-state index contributed by atoms with van der Waals surface area (Å²) in [7, 11) is 7.05. The molecule has 0 spiro atoms. The minimum atomic E-state index is -0.302. The number of rotatable bonds is 16. The molecule has 0 bridgehead atoms. The van der Waals surface area contributed by atoms with Gasteiger partial charge in [-0.1, -0.05) is 81.1 Å². The fourth-order valence-corrected chi connectivity index (χ4v) is 6.07. The van der Waals surface area contributed by atoms with E-state index in [1.54, 1.807) is 43.0 Å². The number of ether oxygens (including phenoxy) is 2. The van der Waals surface area contributed by atoms with Crippen molar-refractivity contribution in [2.75, 3.05) is 76.0 Å². The van der Waals surface area contributed by atoms with E-state index in [-0.39, 0.29) is 24.3 Å². The minimum absolute atomic E-state index is 0.130. The van der Waals surface area contributed by atoms with Crippen molar-refractivity contribution < 1.29 is 23.9 Å². The first-order chi connectivity index (χ1) is 27.9. The first kappa shape index (κ1) is 45.0. The maximum absolute atomic E-state index is 13.1. The number of carbonyl (C=O) groups excluding carboxylic acids is 3. The van der Waals surface area contributed by atoms with Crippen LogP contribution < -0.4 is 14.9 Å². The summed E-state index contributed by atoms with van der Waals surface area (Å²) in [5, 5.41) is 13.9. The second-order valence-corrected chi connectivity index (χ2v) is 14.1. The molecule has 2 aliphatic heterocycles. The molecule has 58 heavy (non-hydrogen) atoms. The maximum Gasteiger partial charge on any atom is 0.325 e. The summed E-state index contributed by atoms with van der Waals surface area (Å²) in [6.07, 6.45) is 8.01. The molecule has 0 unspecified atom stereocenters. The smallest absolute Gasteiger partial charge is 0.325 e. The maximum atomic E-state index is 13.1. The lowest BCUT2D eigenvalue weighted by Gasteiger charge is -2.39. The standard InChI is InChI=1S/C26H33N4O2.C18H23ClN4O3/c1-4-7-18-27-29(19-8-5-2)22-16-14-21(15-17-22)20-24-25(32-6-3)28-30(26(24)31)23-12-10-9-11-13-23;1-6-26-16(24)11-22(4)13-8-7-12(15(19)10-13)9-14-17(21(2)3)20-23(5)18(14)25/h9-17,20H,4-8,18-19H2,1-3H3;7-10H,6,11H2,1-5H3/q-1;. The molecule has 310 valence electrons. The number of hydrogen-bond acceptors (Lipinski definition) is 10. The van der Waals surface area contributed by atoms with Crippen molar-refractivity contribution in [1.29, 1.82) is 0 Å². The van der Waals surface area contributed by atoms with Gasteiger partial charge in [-0.3, -0.25) is 14.4 Å². The summed E-state index contributed by atoms with van der Waals surface area (Å²) >= 11 is 6.40. The van der Waals surface area contributed by atoms with Crippen molar-refractivity contribution in [2.45, 2.75) is 53.4 Å². The lowest BCUT2D eigenvalue weighted by atomic mass is 10.1. The van der Waals surface area contributed by atoms with Crippen LogP contribution in [0, 0.1) is 0 Å². The number of likely N-dealkylation sites (N-methyl/N-ethyl adjacent to an activating group) is 3. The molecule has 2 heterocycles. The van der Waals surface area contributed by atoms with Crippen LogP contribution in [0.15, 0.2) is 94.1 Å². The van der Waals surface area contributed by atoms with Crippen LogP contribution >= 0.6 is 11.6 Å². The van der Waals surface area contributed by atoms with Gasteiger partial charge in [-0.05, 0) is 86.5 Å². The normalized spacial score (nSPS) is 15.0. The predicted molar refractivity (Wildman–Crippen MR) is 236 cm³/mol. The summed E-state index contributed by atoms with van der Waals surface area (Å²) < 4.78 is 10.6. The third-order valence-corrected chi connectivity index (χ3v) is 9.29. The molecular weight excluding hydrogens is 756 g/mol. The number of esters is 1. The Hall–Kier alpha value is -5.66. The number of hydrazone groups is 2. The molecule has 0 radical (unpaired) electrons. The minimum Gasteiger partial charge on any atom is -0.568 e. The number of nitrogens with zero attached hydrogens (tertiary/aromatic N) is 8. The van der Waals surface area contributed by atoms with E-state index in [9.17, 15) is 14.4 Å². The van der Waals surface area contributed by atoms with Gasteiger partial charge < -0.3 is 29.7 Å². The Morgan fingerprint density at radius 2 is 1.52 bits per heavy atom. The molecule has 13 nitrogen and oxygen atoms in total. The summed E-state index contributed by atoms with van der Waals surface area (Å²) in [5.74, 6) is 0.251. The van der Waals surface area contributed by atoms with Gasteiger partial charge in [0.25, 0.3) is 11.8 Å². The molecule has 2 amide bonds. The number of amides is 2. The van der Waals surface area contributed by atoms with Gasteiger partial charge in [0, 0.05) is 44.6 Å². The van der Waals surface area contributed by atoms with Crippen molar-refractivity contribution in [1.82, 2.24) is 9.91 Å². The van der Waals surface area contributed by atoms with Gasteiger partial charge in [0.15, 0.2) is 5.84 Å². The highest BCUT2D eigenvalue weighted by Gasteiger charge is 2.32. The first-order valence-corrected chi connectivity index (χ1v) is 20.1. The number of para-hydroxylation sites is 1. The molecule has 5 rings (SSSR count). The molecule has 3 aromatic carbocycles. The number of unbranched alkanes of at least 4 members (excludes halogenated alkanes) is 2. The first-order valence-electron chi connectivity index (χ1n) is 19.7. The number of benzene rings is 3. The van der Waals surface area contributed by atoms with Crippen molar-refractivity contribution >= 4 is 70.3 Å². The average molecular weight is 812 g/mol. The SMILES string of the molecule is CCCC[N-]N(CCCC)c1ccc(C=C2C(=O)N(c3ccccc3)N=C2OCC)cc1.CCOC(=O)CN(C)c1ccc(C=C2C(=O)N(C)N=C2N(C)C)c(Cl)c1. The summed E-state index contributed by atoms with van der Waals surface area (Å²) in [4.78, 5) is 40.5. The third-order valence-electron chi connectivity index (χ3n) is 8.96. The second-order valence-electron chi connectivity index (χ2n) is 13.7. The van der Waals surface area contributed by atoms with Gasteiger partial charge in [-0.15, -0.1) is 11.6 Å². The lowest BCUT2D eigenvalue weighted by molar-refractivity contribution is -0.141. The molecule has 0 aliphatic carbocycles. The van der Waals surface area contributed by atoms with Gasteiger partial charge in [0.05, 0.1) is 24.5 Å². The van der Waals surface area contributed by atoms with E-state index in [0.29, 0.717) is 52.4 Å². The zero-order chi connectivity index (χ0) is 42.2. The Balaban J connectivity index is 0.000000262. The monoisotopic (exact) mass is 811 g/mol. The molecule has 0 aromatic heterocycles. The topological polar surface area (TPSA) is 125 Å². The van der Waals surface area contributed by atoms with Crippen molar-refractivity contribution in [2.24, 2.45) is 10.2 Å². The van der Waals surface area contributed by atoms with Crippen molar-refractivity contribution in [3.05, 3.63) is 106 Å². The van der Waals surface area contributed by atoms with E-state index in [0.717, 1.165) is 55.7 Å². The number of halogens is 1. The van der Waals surface area contributed by atoms with E-state index >= 15 is 0 Å². The van der Waals surface area contributed by atoms with Crippen LogP contribution in [0.4, 0.5) is 17.1 Å². The Morgan fingerprint density at radius 3 is 2.14 bits per heavy atom. The lowest BCUT2D eigenvalue weighted by Crippen LogP contribution is -2.27. The van der Waals surface area contributed by atoms with Gasteiger partial charge in [-0.25, -0.2) is 5.01 Å². The zero-order valence-electron chi connectivity index (χ0n) is 34.9. The van der Waals surface area contributed by atoms with Gasteiger partial charge in [-0.2, -0.15) is 10.1 Å². The van der Waals surface area contributed by atoms with Crippen LogP contribution in [0.3, 0.4) is 0 Å². The molecule has 2 aliphatic rings. The highest BCUT2D eigenvalue weighted by atomic mass is 35.5. The quantitative estimate of drug-likeness (QED) is 0.0614. The molecule has 0 saturated carbocycles. The van der Waals surface area contributed by atoms with Crippen LogP contribution in [0.2, 0.25) is 5.02 Å². The molecule has 0 N–H and O–H groups in total. The van der Waals surface area contributed by atoms with Crippen LogP contribution in [0.5, 0.6) is 0 Å². The van der Waals surface area contributed by atoms with E-state index in [1.165, 1.54) is 10.0 Å². The number of anilines is 3. The molecule has 0 atom stereocenters. The number of carbonyl (C=O) groups is 3. The molecule has 0 fully saturated rings. The van der Waals surface area contributed by atoms with Crippen molar-refractivity contribution in [3.63, 3.8) is 0 Å². The average Bonchev–Trinajstić information content (AvgIpc) is 3.67. The van der Waals surface area contributed by atoms with Crippen molar-refractivity contribution in [3.8, 4) is 0 Å². The highest BCUT2D eigenvalue weighted by Crippen LogP contribution is 2.29. The summed E-state index contributed by atoms with van der Waals surface area (Å²) in [5.41, 5.74) is 9.89. The predicted octanol–water partition coefficient (Wildman–Crippen LogP) is 8.23. The Labute approximate surface area is 348 Å². The second kappa shape index (κ2) is 22.3. The fraction of sp³-hybridized carbons (Fsp3) is 0.386. The van der Waals surface area contributed by atoms with Crippen LogP contribution in [0.1, 0.15) is 64.5 Å². The molecule has 14 heteroatoms. The Bertz CT molecular complexity index is 1980. The number of amidine groups is 1. The van der Waals surface area contributed by atoms with Crippen LogP contribution in [-0.4, -0.2) is 100 Å². The van der Waals surface area contributed by atoms with E-state index in [2.05, 4.69) is 41.2 Å².